The third-order valence-electron chi connectivity index (χ3n) is 4.53. The van der Waals surface area contributed by atoms with E-state index in [9.17, 15) is 18.0 Å². The molecule has 2 heterocycles. The van der Waals surface area contributed by atoms with Crippen molar-refractivity contribution in [3.05, 3.63) is 24.3 Å². The molecule has 0 spiro atoms. The summed E-state index contributed by atoms with van der Waals surface area (Å²) in [5.41, 5.74) is 0.427. The summed E-state index contributed by atoms with van der Waals surface area (Å²) in [5.74, 6) is 0.0688. The van der Waals surface area contributed by atoms with Crippen molar-refractivity contribution in [1.29, 1.82) is 0 Å². The van der Waals surface area contributed by atoms with Gasteiger partial charge < -0.3 is 19.3 Å². The maximum absolute atomic E-state index is 12.9. The molecule has 10 heteroatoms. The molecule has 1 aromatic carbocycles. The van der Waals surface area contributed by atoms with Crippen LogP contribution in [0.2, 0.25) is 0 Å². The first-order valence-electron chi connectivity index (χ1n) is 8.75. The highest BCUT2D eigenvalue weighted by Gasteiger charge is 2.38. The van der Waals surface area contributed by atoms with Crippen LogP contribution in [0.15, 0.2) is 24.3 Å². The fourth-order valence-corrected chi connectivity index (χ4v) is 4.09. The lowest BCUT2D eigenvalue weighted by molar-refractivity contribution is -0.140. The van der Waals surface area contributed by atoms with Crippen LogP contribution < -0.4 is 9.04 Å². The second kappa shape index (κ2) is 7.63. The number of ether oxygens (including phenoxy) is 2. The summed E-state index contributed by atoms with van der Waals surface area (Å²) in [6.07, 6.45) is -0.214. The quantitative estimate of drug-likeness (QED) is 0.738. The van der Waals surface area contributed by atoms with E-state index in [2.05, 4.69) is 0 Å². The van der Waals surface area contributed by atoms with Gasteiger partial charge in [0.2, 0.25) is 10.0 Å². The number of sulfonamides is 1. The zero-order chi connectivity index (χ0) is 19.6. The van der Waals surface area contributed by atoms with Crippen molar-refractivity contribution >= 4 is 27.7 Å². The van der Waals surface area contributed by atoms with Crippen LogP contribution in [-0.2, 0) is 19.6 Å². The van der Waals surface area contributed by atoms with Crippen LogP contribution >= 0.6 is 0 Å². The molecule has 0 aromatic heterocycles. The molecule has 0 unspecified atom stereocenters. The molecule has 0 aliphatic carbocycles. The number of amides is 2. The van der Waals surface area contributed by atoms with Gasteiger partial charge in [0.1, 0.15) is 5.75 Å². The molecular formula is C17H23N3O6S. The highest BCUT2D eigenvalue weighted by atomic mass is 32.2. The molecule has 1 atom stereocenters. The largest absolute Gasteiger partial charge is 0.476 e. The minimum absolute atomic E-state index is 0.0766. The van der Waals surface area contributed by atoms with Crippen LogP contribution in [0.3, 0.4) is 0 Å². The van der Waals surface area contributed by atoms with E-state index in [0.717, 1.165) is 6.26 Å². The van der Waals surface area contributed by atoms with E-state index in [0.29, 0.717) is 44.2 Å². The molecule has 3 rings (SSSR count). The van der Waals surface area contributed by atoms with Crippen LogP contribution in [0, 0.1) is 0 Å². The van der Waals surface area contributed by atoms with Gasteiger partial charge in [-0.15, -0.1) is 0 Å². The number of anilines is 1. The molecular weight excluding hydrogens is 374 g/mol. The Bertz CT molecular complexity index is 820. The van der Waals surface area contributed by atoms with Crippen molar-refractivity contribution in [2.45, 2.75) is 13.0 Å². The Labute approximate surface area is 158 Å². The van der Waals surface area contributed by atoms with Crippen molar-refractivity contribution in [2.24, 2.45) is 0 Å². The van der Waals surface area contributed by atoms with Gasteiger partial charge in [0.15, 0.2) is 6.10 Å². The van der Waals surface area contributed by atoms with Crippen LogP contribution in [0.5, 0.6) is 5.75 Å². The van der Waals surface area contributed by atoms with Gasteiger partial charge in [-0.3, -0.25) is 9.10 Å². The zero-order valence-electron chi connectivity index (χ0n) is 15.3. The lowest BCUT2D eigenvalue weighted by Crippen LogP contribution is -2.57. The number of nitrogens with zero attached hydrogens (tertiary/aromatic N) is 3. The molecule has 148 valence electrons. The van der Waals surface area contributed by atoms with Crippen molar-refractivity contribution in [3.63, 3.8) is 0 Å². The van der Waals surface area contributed by atoms with Crippen LogP contribution in [0.4, 0.5) is 10.5 Å². The van der Waals surface area contributed by atoms with Gasteiger partial charge in [-0.1, -0.05) is 12.1 Å². The number of rotatable bonds is 3. The zero-order valence-corrected chi connectivity index (χ0v) is 16.1. The van der Waals surface area contributed by atoms with E-state index in [1.54, 1.807) is 41.0 Å². The molecule has 1 saturated heterocycles. The fourth-order valence-electron chi connectivity index (χ4n) is 3.17. The second-order valence-electron chi connectivity index (χ2n) is 6.38. The topological polar surface area (TPSA) is 96.5 Å². The molecule has 2 aliphatic rings. The van der Waals surface area contributed by atoms with Gasteiger partial charge in [-0.2, -0.15) is 0 Å². The Balaban J connectivity index is 1.70. The Hall–Kier alpha value is -2.49. The van der Waals surface area contributed by atoms with Crippen molar-refractivity contribution in [2.75, 3.05) is 49.9 Å². The number of para-hydroxylation sites is 2. The first-order chi connectivity index (χ1) is 12.8. The third-order valence-corrected chi connectivity index (χ3v) is 5.67. The third kappa shape index (κ3) is 4.10. The van der Waals surface area contributed by atoms with Crippen molar-refractivity contribution in [3.8, 4) is 5.75 Å². The van der Waals surface area contributed by atoms with Gasteiger partial charge in [-0.05, 0) is 19.1 Å². The van der Waals surface area contributed by atoms with Crippen molar-refractivity contribution < 1.29 is 27.5 Å². The summed E-state index contributed by atoms with van der Waals surface area (Å²) >= 11 is 0. The van der Waals surface area contributed by atoms with E-state index in [4.69, 9.17) is 9.47 Å². The van der Waals surface area contributed by atoms with E-state index >= 15 is 0 Å². The van der Waals surface area contributed by atoms with Crippen LogP contribution in [-0.4, -0.2) is 81.9 Å². The molecule has 1 fully saturated rings. The Morgan fingerprint density at radius 3 is 2.41 bits per heavy atom. The molecule has 0 radical (unpaired) electrons. The molecule has 0 saturated carbocycles. The molecule has 1 aromatic rings. The van der Waals surface area contributed by atoms with Crippen molar-refractivity contribution in [1.82, 2.24) is 9.80 Å². The number of carbonyl (C=O) groups is 2. The number of piperazine rings is 1. The van der Waals surface area contributed by atoms with E-state index in [1.165, 1.54) is 4.31 Å². The molecule has 2 amide bonds. The maximum Gasteiger partial charge on any atom is 0.409 e. The monoisotopic (exact) mass is 397 g/mol. The van der Waals surface area contributed by atoms with Gasteiger partial charge in [0.05, 0.1) is 25.1 Å². The highest BCUT2D eigenvalue weighted by Crippen LogP contribution is 2.35. The first kappa shape index (κ1) is 19.3. The average Bonchev–Trinajstić information content (AvgIpc) is 2.66. The van der Waals surface area contributed by atoms with E-state index < -0.39 is 22.2 Å². The van der Waals surface area contributed by atoms with E-state index in [1.807, 2.05) is 0 Å². The summed E-state index contributed by atoms with van der Waals surface area (Å²) in [5, 5.41) is 0. The number of benzene rings is 1. The smallest absolute Gasteiger partial charge is 0.409 e. The Kier molecular flexibility index (Phi) is 5.45. The maximum atomic E-state index is 12.9. The fraction of sp³-hybridized carbons (Fsp3) is 0.529. The second-order valence-corrected chi connectivity index (χ2v) is 8.29. The number of hydrogen-bond donors (Lipinski definition) is 0. The van der Waals surface area contributed by atoms with Crippen LogP contribution in [0.25, 0.3) is 0 Å². The minimum Gasteiger partial charge on any atom is -0.476 e. The standard InChI is InChI=1S/C17H23N3O6S/c1-3-25-17(22)19-10-8-18(9-11-19)16(21)15-12-20(27(2,23)24)13-6-4-5-7-14(13)26-15/h4-7,15H,3,8-12H2,1-2H3/t15-/m0/s1. The Morgan fingerprint density at radius 2 is 1.78 bits per heavy atom. The lowest BCUT2D eigenvalue weighted by atomic mass is 10.2. The normalized spacial score (nSPS) is 19.9. The number of hydrogen-bond acceptors (Lipinski definition) is 6. The van der Waals surface area contributed by atoms with Gasteiger partial charge in [0, 0.05) is 26.2 Å². The predicted octanol–water partition coefficient (Wildman–Crippen LogP) is 0.514. The highest BCUT2D eigenvalue weighted by molar-refractivity contribution is 7.92. The number of fused-ring (bicyclic) bond motifs is 1. The number of carbonyl (C=O) groups excluding carboxylic acids is 2. The van der Waals surface area contributed by atoms with Gasteiger partial charge in [0.25, 0.3) is 5.91 Å². The Morgan fingerprint density at radius 1 is 1.15 bits per heavy atom. The van der Waals surface area contributed by atoms with Gasteiger partial charge in [-0.25, -0.2) is 13.2 Å². The molecule has 0 N–H and O–H groups in total. The average molecular weight is 397 g/mol. The van der Waals surface area contributed by atoms with Crippen LogP contribution in [0.1, 0.15) is 6.92 Å². The lowest BCUT2D eigenvalue weighted by Gasteiger charge is -2.39. The summed E-state index contributed by atoms with van der Waals surface area (Å²) in [7, 11) is -3.55. The first-order valence-corrected chi connectivity index (χ1v) is 10.6. The molecule has 27 heavy (non-hydrogen) atoms. The predicted molar refractivity (Wildman–Crippen MR) is 98.2 cm³/mol. The van der Waals surface area contributed by atoms with E-state index in [-0.39, 0.29) is 12.5 Å². The van der Waals surface area contributed by atoms with Gasteiger partial charge >= 0.3 is 6.09 Å². The summed E-state index contributed by atoms with van der Waals surface area (Å²) in [6, 6.07) is 6.74. The summed E-state index contributed by atoms with van der Waals surface area (Å²) < 4.78 is 36.3. The summed E-state index contributed by atoms with van der Waals surface area (Å²) in [6.45, 7) is 3.38. The minimum atomic E-state index is -3.55. The molecule has 0 bridgehead atoms. The molecule has 9 nitrogen and oxygen atoms in total. The SMILES string of the molecule is CCOC(=O)N1CCN(C(=O)[C@@H]2CN(S(C)(=O)=O)c3ccccc3O2)CC1. The summed E-state index contributed by atoms with van der Waals surface area (Å²) in [4.78, 5) is 27.8. The molecule has 2 aliphatic heterocycles.